The van der Waals surface area contributed by atoms with Gasteiger partial charge in [-0.15, -0.1) is 49.2 Å². The molecule has 19 heteroatoms. The Morgan fingerprint density at radius 2 is 1.03 bits per heavy atom. The molecule has 0 saturated heterocycles. The van der Waals surface area contributed by atoms with Gasteiger partial charge in [0.15, 0.2) is 44.2 Å². The maximum Gasteiger partial charge on any atom is 0.155 e. The first kappa shape index (κ1) is 75.1. The molecule has 1 aliphatic rings. The highest BCUT2D eigenvalue weighted by molar-refractivity contribution is 5.16. The molecule has 0 heterocycles. The quantitative estimate of drug-likeness (QED) is 0.0293. The predicted octanol–water partition coefficient (Wildman–Crippen LogP) is 15.1. The van der Waals surface area contributed by atoms with Gasteiger partial charge in [-0.05, 0) is 73.8 Å². The lowest BCUT2D eigenvalue weighted by atomic mass is 9.82. The number of methoxy groups -OCH3 is 1. The van der Waals surface area contributed by atoms with E-state index in [-0.39, 0.29) is 42.0 Å². The lowest BCUT2D eigenvalue weighted by Crippen LogP contribution is -2.34. The number of rotatable bonds is 29. The molecule has 0 aromatic heterocycles. The summed E-state index contributed by atoms with van der Waals surface area (Å²) < 4.78 is 5.33. The molecule has 0 aliphatic heterocycles. The van der Waals surface area contributed by atoms with Crippen LogP contribution in [0.2, 0.25) is 0 Å². The highest BCUT2D eigenvalue weighted by Gasteiger charge is 2.32. The van der Waals surface area contributed by atoms with Crippen molar-refractivity contribution in [2.75, 3.05) is 26.9 Å². The smallest absolute Gasteiger partial charge is 0.155 e. The first-order valence-corrected chi connectivity index (χ1v) is 23.2. The molecule has 0 aromatic rings. The van der Waals surface area contributed by atoms with E-state index in [2.05, 4.69) is 149 Å². The molecule has 19 nitrogen and oxygen atoms in total. The van der Waals surface area contributed by atoms with Gasteiger partial charge < -0.3 is 33.8 Å². The summed E-state index contributed by atoms with van der Waals surface area (Å²) in [6, 6.07) is 0. The Balaban J connectivity index is -0.000000169. The van der Waals surface area contributed by atoms with E-state index in [0.29, 0.717) is 61.2 Å². The molecular weight excluding hydrogens is 893 g/mol. The van der Waals surface area contributed by atoms with Gasteiger partial charge in [-0.3, -0.25) is 0 Å². The second kappa shape index (κ2) is 50.4. The Bertz CT molecular complexity index is 1390. The SMILES string of the molecule is C=CC(C(C)C)C(C)(C)ON=O.C=CC(CON=O)C(C)C.C=CC(ON=O)C(C)C.C=CC(ON=O)C(C=C)C(C)C.CC(C)CCON=O.CC(C)CON=O.COC1C=CC=CC1C(C)C. The number of ether oxygens (including phenoxy) is 1. The van der Waals surface area contributed by atoms with Crippen molar-refractivity contribution in [2.24, 2.45) is 97.1 Å². The molecule has 1 aliphatic carbocycles. The minimum absolute atomic E-state index is 0.0835. The largest absolute Gasteiger partial charge is 0.377 e. The van der Waals surface area contributed by atoms with Crippen molar-refractivity contribution in [3.8, 4) is 0 Å². The van der Waals surface area contributed by atoms with E-state index in [1.807, 2.05) is 75.3 Å². The van der Waals surface area contributed by atoms with Gasteiger partial charge >= 0.3 is 0 Å². The second-order valence-electron chi connectivity index (χ2n) is 18.5. The Labute approximate surface area is 415 Å². The van der Waals surface area contributed by atoms with Crippen LogP contribution < -0.4 is 0 Å². The Hall–Kier alpha value is -5.46. The Morgan fingerprint density at radius 3 is 1.30 bits per heavy atom. The van der Waals surface area contributed by atoms with E-state index < -0.39 is 5.60 Å². The maximum atomic E-state index is 9.96. The Kier molecular flexibility index (Phi) is 54.8. The van der Waals surface area contributed by atoms with E-state index in [0.717, 1.165) is 6.42 Å². The maximum absolute atomic E-state index is 9.96. The van der Waals surface area contributed by atoms with Gasteiger partial charge in [0, 0.05) is 30.8 Å². The van der Waals surface area contributed by atoms with Crippen LogP contribution in [0.5, 0.6) is 0 Å². The second-order valence-corrected chi connectivity index (χ2v) is 18.5. The molecule has 7 unspecified atom stereocenters. The molecule has 0 amide bonds. The van der Waals surface area contributed by atoms with Crippen LogP contribution in [0, 0.1) is 94.5 Å². The van der Waals surface area contributed by atoms with Gasteiger partial charge in [-0.1, -0.05) is 153 Å². The molecule has 0 saturated carbocycles. The third-order valence-corrected chi connectivity index (χ3v) is 9.87. The first-order chi connectivity index (χ1) is 32.4. The summed E-state index contributed by atoms with van der Waals surface area (Å²) in [7, 11) is 1.77. The van der Waals surface area contributed by atoms with Crippen LogP contribution in [0.1, 0.15) is 117 Å². The fourth-order valence-electron chi connectivity index (χ4n) is 5.70. The van der Waals surface area contributed by atoms with Gasteiger partial charge in [-0.2, -0.15) is 0 Å². The third kappa shape index (κ3) is 46.1. The first-order valence-electron chi connectivity index (χ1n) is 23.2. The van der Waals surface area contributed by atoms with Crippen LogP contribution >= 0.6 is 0 Å². The average molecular weight is 985 g/mol. The zero-order valence-electron chi connectivity index (χ0n) is 45.1. The predicted molar refractivity (Wildman–Crippen MR) is 280 cm³/mol. The van der Waals surface area contributed by atoms with Crippen LogP contribution in [0.25, 0.3) is 0 Å². The summed E-state index contributed by atoms with van der Waals surface area (Å²) in [5.74, 6) is 4.04. The summed E-state index contributed by atoms with van der Waals surface area (Å²) >= 11 is 0. The van der Waals surface area contributed by atoms with Crippen LogP contribution in [0.15, 0.2) is 120 Å². The van der Waals surface area contributed by atoms with Gasteiger partial charge in [0.05, 0.1) is 6.10 Å². The van der Waals surface area contributed by atoms with E-state index in [1.165, 1.54) is 0 Å². The molecular formula is C50H92N6O13. The fraction of sp³-hybridized carbons (Fsp3) is 0.720. The van der Waals surface area contributed by atoms with E-state index in [4.69, 9.17) is 9.57 Å². The fourth-order valence-corrected chi connectivity index (χ4v) is 5.70. The molecule has 0 bridgehead atoms. The lowest BCUT2D eigenvalue weighted by molar-refractivity contribution is -0.0588. The van der Waals surface area contributed by atoms with Crippen molar-refractivity contribution in [3.05, 3.63) is 117 Å². The van der Waals surface area contributed by atoms with Crippen molar-refractivity contribution in [3.63, 3.8) is 0 Å². The molecule has 7 atom stereocenters. The highest BCUT2D eigenvalue weighted by atomic mass is 16.7. The summed E-state index contributed by atoms with van der Waals surface area (Å²) in [6.45, 7) is 51.5. The zero-order chi connectivity index (χ0) is 55.0. The number of nitrogens with zero attached hydrogens (tertiary/aromatic N) is 6. The molecule has 0 N–H and O–H groups in total. The van der Waals surface area contributed by atoms with Crippen molar-refractivity contribution in [2.45, 2.75) is 141 Å². The van der Waals surface area contributed by atoms with E-state index in [1.54, 1.807) is 37.5 Å². The number of hydrogen-bond acceptors (Lipinski definition) is 19. The average Bonchev–Trinajstić information content (AvgIpc) is 3.28. The van der Waals surface area contributed by atoms with E-state index >= 15 is 0 Å². The van der Waals surface area contributed by atoms with Gasteiger partial charge in [0.2, 0.25) is 0 Å². The van der Waals surface area contributed by atoms with Gasteiger partial charge in [0.25, 0.3) is 0 Å². The zero-order valence-corrected chi connectivity index (χ0v) is 45.1. The van der Waals surface area contributed by atoms with Gasteiger partial charge in [-0.25, -0.2) is 0 Å². The van der Waals surface area contributed by atoms with Crippen LogP contribution in [0.4, 0.5) is 0 Å². The number of allylic oxidation sites excluding steroid dienone is 2. The third-order valence-electron chi connectivity index (χ3n) is 9.87. The summed E-state index contributed by atoms with van der Waals surface area (Å²) in [5, 5.41) is 13.9. The molecule has 0 radical (unpaired) electrons. The van der Waals surface area contributed by atoms with Crippen molar-refractivity contribution >= 4 is 0 Å². The minimum Gasteiger partial charge on any atom is -0.377 e. The normalized spacial score (nSPS) is 15.3. The summed E-state index contributed by atoms with van der Waals surface area (Å²) in [6.07, 6.45) is 17.5. The molecule has 0 spiro atoms. The minimum atomic E-state index is -0.558. The van der Waals surface area contributed by atoms with Gasteiger partial charge in [0.1, 0.15) is 25.4 Å². The van der Waals surface area contributed by atoms with Crippen LogP contribution in [-0.4, -0.2) is 50.8 Å². The van der Waals surface area contributed by atoms with Crippen molar-refractivity contribution in [1.82, 2.24) is 0 Å². The molecule has 0 aromatic carbocycles. The monoisotopic (exact) mass is 985 g/mol. The van der Waals surface area contributed by atoms with Crippen molar-refractivity contribution < 1.29 is 33.8 Å². The Morgan fingerprint density at radius 1 is 0.536 bits per heavy atom. The topological polar surface area (TPSA) is 241 Å². The van der Waals surface area contributed by atoms with Crippen LogP contribution in [-0.2, 0) is 33.8 Å². The standard InChI is InChI=1S/C10H16O.C9H17NO2.C9H15NO2.C7H13NO2.C6H11NO2.C5H11NO2.C4H9NO2/c1-8(2)9-6-4-5-7-10(9)11-3;1-6-8(7(2)3)9(4,5)12-10-11;1-5-8(7(3)4)9(6-2)12-10-11;1-4-7(6(2)3)5-10-8-9;1-4-6(5(2)3)9-7-8;1-5(2)3-4-8-6-7;1-4(2)3-7-5-6/h4-10H,1-3H3;6-8H,1H2,2-5H3;5-9H,1-2H2,3-4H3;4,6-7H,1,5H2,2-3H3;4-6H,1H2,2-3H3;5H,3-4H2,1-2H3;4H,3H2,1-2H3. The molecule has 1 rings (SSSR count). The summed E-state index contributed by atoms with van der Waals surface area (Å²) in [4.78, 5) is 83.9. The van der Waals surface area contributed by atoms with E-state index in [9.17, 15) is 29.4 Å². The molecule has 0 fully saturated rings. The van der Waals surface area contributed by atoms with Crippen molar-refractivity contribution in [1.29, 1.82) is 0 Å². The molecule has 69 heavy (non-hydrogen) atoms. The molecule has 400 valence electrons. The number of hydrogen-bond donors (Lipinski definition) is 0. The highest BCUT2D eigenvalue weighted by Crippen LogP contribution is 2.29. The van der Waals surface area contributed by atoms with Crippen LogP contribution in [0.3, 0.4) is 0 Å². The summed E-state index contributed by atoms with van der Waals surface area (Å²) in [5.41, 5.74) is -0.558. The lowest BCUT2D eigenvalue weighted by Gasteiger charge is -2.31.